The molecule has 0 radical (unpaired) electrons. The molecule has 2 aliphatic rings. The van der Waals surface area contributed by atoms with E-state index in [0.717, 1.165) is 6.54 Å². The number of hydrogen-bond acceptors (Lipinski definition) is 2. The van der Waals surface area contributed by atoms with Crippen LogP contribution in [0.2, 0.25) is 0 Å². The standard InChI is InChI=1S/C13H25NO/c1-12(9-15)8-14-10-13(11-14)6-4-2-3-5-7-13/h12,15H,2-11H2,1H3. The normalized spacial score (nSPS) is 28.4. The Morgan fingerprint density at radius 3 is 2.27 bits per heavy atom. The number of aliphatic hydroxyl groups is 1. The molecule has 1 saturated heterocycles. The summed E-state index contributed by atoms with van der Waals surface area (Å²) in [4.78, 5) is 2.53. The van der Waals surface area contributed by atoms with Gasteiger partial charge in [0.1, 0.15) is 0 Å². The topological polar surface area (TPSA) is 23.5 Å². The molecule has 2 rings (SSSR count). The Hall–Kier alpha value is -0.0800. The van der Waals surface area contributed by atoms with Crippen molar-refractivity contribution in [2.45, 2.75) is 45.4 Å². The smallest absolute Gasteiger partial charge is 0.0468 e. The first-order valence-electron chi connectivity index (χ1n) is 6.57. The van der Waals surface area contributed by atoms with Crippen molar-refractivity contribution in [3.05, 3.63) is 0 Å². The molecule has 1 aliphatic carbocycles. The van der Waals surface area contributed by atoms with E-state index >= 15 is 0 Å². The Bertz CT molecular complexity index is 189. The van der Waals surface area contributed by atoms with Crippen LogP contribution in [0.5, 0.6) is 0 Å². The molecule has 0 aromatic carbocycles. The van der Waals surface area contributed by atoms with Gasteiger partial charge in [-0.15, -0.1) is 0 Å². The molecular formula is C13H25NO. The molecule has 1 spiro atoms. The van der Waals surface area contributed by atoms with Gasteiger partial charge in [0.15, 0.2) is 0 Å². The first kappa shape index (κ1) is 11.4. The molecule has 2 nitrogen and oxygen atoms in total. The quantitative estimate of drug-likeness (QED) is 0.774. The fourth-order valence-electron chi connectivity index (χ4n) is 3.32. The van der Waals surface area contributed by atoms with Gasteiger partial charge in [0.2, 0.25) is 0 Å². The van der Waals surface area contributed by atoms with Crippen LogP contribution in [0.4, 0.5) is 0 Å². The lowest BCUT2D eigenvalue weighted by atomic mass is 9.73. The molecule has 0 bridgehead atoms. The van der Waals surface area contributed by atoms with Crippen LogP contribution in [-0.4, -0.2) is 36.2 Å². The van der Waals surface area contributed by atoms with Gasteiger partial charge in [-0.25, -0.2) is 0 Å². The fourth-order valence-corrected chi connectivity index (χ4v) is 3.32. The number of hydrogen-bond donors (Lipinski definition) is 1. The molecule has 0 amide bonds. The van der Waals surface area contributed by atoms with Crippen molar-refractivity contribution < 1.29 is 5.11 Å². The van der Waals surface area contributed by atoms with E-state index in [9.17, 15) is 0 Å². The van der Waals surface area contributed by atoms with Crippen LogP contribution < -0.4 is 0 Å². The van der Waals surface area contributed by atoms with Crippen molar-refractivity contribution in [2.24, 2.45) is 11.3 Å². The summed E-state index contributed by atoms with van der Waals surface area (Å²) in [6, 6.07) is 0. The summed E-state index contributed by atoms with van der Waals surface area (Å²) in [7, 11) is 0. The minimum absolute atomic E-state index is 0.337. The average molecular weight is 211 g/mol. The minimum Gasteiger partial charge on any atom is -0.396 e. The molecule has 1 N–H and O–H groups in total. The predicted molar refractivity (Wildman–Crippen MR) is 62.8 cm³/mol. The lowest BCUT2D eigenvalue weighted by Crippen LogP contribution is -2.57. The lowest BCUT2D eigenvalue weighted by molar-refractivity contribution is -0.0243. The van der Waals surface area contributed by atoms with E-state index in [1.54, 1.807) is 0 Å². The van der Waals surface area contributed by atoms with Crippen LogP contribution in [0.25, 0.3) is 0 Å². The summed E-state index contributed by atoms with van der Waals surface area (Å²) in [6.45, 7) is 6.18. The predicted octanol–water partition coefficient (Wildman–Crippen LogP) is 2.27. The largest absolute Gasteiger partial charge is 0.396 e. The molecule has 0 aromatic heterocycles. The Morgan fingerprint density at radius 2 is 1.73 bits per heavy atom. The van der Waals surface area contributed by atoms with E-state index in [2.05, 4.69) is 11.8 Å². The summed E-state index contributed by atoms with van der Waals surface area (Å²) < 4.78 is 0. The van der Waals surface area contributed by atoms with Crippen LogP contribution in [0.15, 0.2) is 0 Å². The number of rotatable bonds is 3. The zero-order valence-corrected chi connectivity index (χ0v) is 10.0. The third-order valence-corrected chi connectivity index (χ3v) is 4.16. The Labute approximate surface area is 93.7 Å². The van der Waals surface area contributed by atoms with Crippen LogP contribution >= 0.6 is 0 Å². The Kier molecular flexibility index (Phi) is 3.68. The van der Waals surface area contributed by atoms with Gasteiger partial charge in [-0.1, -0.05) is 32.6 Å². The number of aliphatic hydroxyl groups excluding tert-OH is 1. The van der Waals surface area contributed by atoms with Crippen molar-refractivity contribution in [3.8, 4) is 0 Å². The zero-order chi connectivity index (χ0) is 10.7. The Morgan fingerprint density at radius 1 is 1.13 bits per heavy atom. The molecule has 88 valence electrons. The maximum atomic E-state index is 9.02. The third kappa shape index (κ3) is 2.73. The third-order valence-electron chi connectivity index (χ3n) is 4.16. The van der Waals surface area contributed by atoms with Crippen LogP contribution in [-0.2, 0) is 0 Å². The van der Waals surface area contributed by atoms with E-state index in [4.69, 9.17) is 5.11 Å². The molecule has 2 fully saturated rings. The highest BCUT2D eigenvalue weighted by Gasteiger charge is 2.42. The summed E-state index contributed by atoms with van der Waals surface area (Å²) >= 11 is 0. The van der Waals surface area contributed by atoms with Crippen molar-refractivity contribution >= 4 is 0 Å². The maximum Gasteiger partial charge on any atom is 0.0468 e. The molecule has 1 saturated carbocycles. The van der Waals surface area contributed by atoms with Gasteiger partial charge >= 0.3 is 0 Å². The van der Waals surface area contributed by atoms with Crippen LogP contribution in [0.3, 0.4) is 0 Å². The van der Waals surface area contributed by atoms with E-state index in [1.165, 1.54) is 51.6 Å². The van der Waals surface area contributed by atoms with Crippen LogP contribution in [0.1, 0.15) is 45.4 Å². The average Bonchev–Trinajstić information content (AvgIpc) is 2.42. The first-order chi connectivity index (χ1) is 7.24. The second kappa shape index (κ2) is 4.84. The number of nitrogens with zero attached hydrogens (tertiary/aromatic N) is 1. The Balaban J connectivity index is 1.75. The van der Waals surface area contributed by atoms with Gasteiger partial charge in [-0.2, -0.15) is 0 Å². The molecule has 1 atom stereocenters. The fraction of sp³-hybridized carbons (Fsp3) is 1.00. The van der Waals surface area contributed by atoms with Crippen LogP contribution in [0, 0.1) is 11.3 Å². The van der Waals surface area contributed by atoms with Gasteiger partial charge in [0.05, 0.1) is 0 Å². The van der Waals surface area contributed by atoms with Gasteiger partial charge in [-0.05, 0) is 24.2 Å². The highest BCUT2D eigenvalue weighted by atomic mass is 16.3. The minimum atomic E-state index is 0.337. The summed E-state index contributed by atoms with van der Waals surface area (Å²) in [5.41, 5.74) is 0.686. The summed E-state index contributed by atoms with van der Waals surface area (Å²) in [5, 5.41) is 9.02. The number of likely N-dealkylation sites (tertiary alicyclic amines) is 1. The molecule has 15 heavy (non-hydrogen) atoms. The van der Waals surface area contributed by atoms with Crippen molar-refractivity contribution in [2.75, 3.05) is 26.2 Å². The SMILES string of the molecule is CC(CO)CN1CC2(CCCCCC2)C1. The second-order valence-electron chi connectivity index (χ2n) is 5.87. The van der Waals surface area contributed by atoms with Gasteiger partial charge in [-0.3, -0.25) is 0 Å². The molecule has 0 aromatic rings. The maximum absolute atomic E-state index is 9.02. The highest BCUT2D eigenvalue weighted by molar-refractivity contribution is 4.95. The monoisotopic (exact) mass is 211 g/mol. The zero-order valence-electron chi connectivity index (χ0n) is 10.0. The second-order valence-corrected chi connectivity index (χ2v) is 5.87. The van der Waals surface area contributed by atoms with Gasteiger partial charge < -0.3 is 10.0 Å². The van der Waals surface area contributed by atoms with E-state index in [-0.39, 0.29) is 0 Å². The first-order valence-corrected chi connectivity index (χ1v) is 6.57. The molecule has 1 unspecified atom stereocenters. The van der Waals surface area contributed by atoms with E-state index in [1.807, 2.05) is 0 Å². The van der Waals surface area contributed by atoms with E-state index in [0.29, 0.717) is 17.9 Å². The molecule has 1 aliphatic heterocycles. The molecule has 1 heterocycles. The van der Waals surface area contributed by atoms with Crippen molar-refractivity contribution in [1.82, 2.24) is 4.90 Å². The summed E-state index contributed by atoms with van der Waals surface area (Å²) in [5.74, 6) is 0.452. The van der Waals surface area contributed by atoms with Gasteiger partial charge in [0.25, 0.3) is 0 Å². The van der Waals surface area contributed by atoms with Crippen molar-refractivity contribution in [3.63, 3.8) is 0 Å². The highest BCUT2D eigenvalue weighted by Crippen LogP contribution is 2.42. The van der Waals surface area contributed by atoms with E-state index < -0.39 is 0 Å². The molecular weight excluding hydrogens is 186 g/mol. The lowest BCUT2D eigenvalue weighted by Gasteiger charge is -2.51. The van der Waals surface area contributed by atoms with Crippen molar-refractivity contribution in [1.29, 1.82) is 0 Å². The molecule has 2 heteroatoms. The summed E-state index contributed by atoms with van der Waals surface area (Å²) in [6.07, 6.45) is 8.71. The van der Waals surface area contributed by atoms with Gasteiger partial charge in [0, 0.05) is 26.2 Å².